The normalized spacial score (nSPS) is 50.3. The van der Waals surface area contributed by atoms with Gasteiger partial charge in [0.2, 0.25) is 0 Å². The van der Waals surface area contributed by atoms with Crippen molar-refractivity contribution in [3.8, 4) is 0 Å². The number of allylic oxidation sites excluding steroid dienone is 2. The molecule has 0 aromatic carbocycles. The second kappa shape index (κ2) is 9.71. The minimum absolute atomic E-state index is 0.451. The summed E-state index contributed by atoms with van der Waals surface area (Å²) in [7, 11) is 0. The van der Waals surface area contributed by atoms with Gasteiger partial charge in [-0.05, 0) is 130 Å². The Hall–Kier alpha value is -0.760. The molecule has 37 heavy (non-hydrogen) atoms. The fraction of sp³-hybridized carbons (Fsp3) is 0.886. The molecular formula is C35H55NO. The van der Waals surface area contributed by atoms with Crippen molar-refractivity contribution in [2.45, 2.75) is 148 Å². The van der Waals surface area contributed by atoms with Gasteiger partial charge in [-0.1, -0.05) is 53.0 Å². The summed E-state index contributed by atoms with van der Waals surface area (Å²) < 4.78 is 6.78. The average Bonchev–Trinajstić information content (AvgIpc) is 3.27. The third kappa shape index (κ3) is 4.12. The van der Waals surface area contributed by atoms with Crippen molar-refractivity contribution in [3.05, 3.63) is 23.4 Å². The highest BCUT2D eigenvalue weighted by molar-refractivity contribution is 5.39. The van der Waals surface area contributed by atoms with Crippen molar-refractivity contribution >= 4 is 0 Å². The first kappa shape index (κ1) is 25.2. The second-order valence-electron chi connectivity index (χ2n) is 15.4. The van der Waals surface area contributed by atoms with Crippen LogP contribution >= 0.6 is 0 Å². The Morgan fingerprint density at radius 1 is 0.838 bits per heavy atom. The molecule has 0 radical (unpaired) electrons. The van der Waals surface area contributed by atoms with E-state index < -0.39 is 0 Å². The van der Waals surface area contributed by atoms with Gasteiger partial charge in [0, 0.05) is 23.7 Å². The summed E-state index contributed by atoms with van der Waals surface area (Å²) in [6, 6.07) is 1.60. The van der Waals surface area contributed by atoms with E-state index in [9.17, 15) is 0 Å². The van der Waals surface area contributed by atoms with Gasteiger partial charge in [-0.15, -0.1) is 0 Å². The first-order chi connectivity index (χ1) is 17.9. The number of nitrogens with zero attached hydrogens (tertiary/aromatic N) is 1. The molecule has 4 saturated carbocycles. The van der Waals surface area contributed by atoms with Crippen LogP contribution in [0.2, 0.25) is 0 Å². The quantitative estimate of drug-likeness (QED) is 0.371. The van der Waals surface area contributed by atoms with Gasteiger partial charge < -0.3 is 9.64 Å². The summed E-state index contributed by atoms with van der Waals surface area (Å²) >= 11 is 0. The van der Waals surface area contributed by atoms with Gasteiger partial charge in [0.15, 0.2) is 0 Å². The maximum atomic E-state index is 6.78. The van der Waals surface area contributed by atoms with E-state index in [2.05, 4.69) is 44.7 Å². The lowest BCUT2D eigenvalue weighted by atomic mass is 9.57. The Labute approximate surface area is 228 Å². The smallest absolute Gasteiger partial charge is 0.0636 e. The van der Waals surface area contributed by atoms with Crippen molar-refractivity contribution in [2.75, 3.05) is 0 Å². The van der Waals surface area contributed by atoms with E-state index in [1.54, 1.807) is 5.70 Å². The number of hydrogen-bond acceptors (Lipinski definition) is 2. The molecule has 5 fully saturated rings. The fourth-order valence-corrected chi connectivity index (χ4v) is 11.2. The second-order valence-corrected chi connectivity index (χ2v) is 15.4. The van der Waals surface area contributed by atoms with Gasteiger partial charge in [-0.2, -0.15) is 0 Å². The highest BCUT2D eigenvalue weighted by atomic mass is 16.5. The monoisotopic (exact) mass is 505 g/mol. The van der Waals surface area contributed by atoms with Gasteiger partial charge in [-0.25, -0.2) is 0 Å². The van der Waals surface area contributed by atoms with Crippen LogP contribution in [0.25, 0.3) is 0 Å². The zero-order valence-electron chi connectivity index (χ0n) is 24.5. The highest BCUT2D eigenvalue weighted by Gasteiger charge is 2.57. The summed E-state index contributed by atoms with van der Waals surface area (Å²) in [5, 5.41) is 0. The summed E-state index contributed by atoms with van der Waals surface area (Å²) in [4.78, 5) is 3.04. The number of fused-ring (bicyclic) bond motifs is 5. The number of hydrogen-bond donors (Lipinski definition) is 0. The largest absolute Gasteiger partial charge is 0.374 e. The molecule has 11 atom stereocenters. The maximum absolute atomic E-state index is 6.78. The van der Waals surface area contributed by atoms with E-state index in [1.807, 2.05) is 5.57 Å². The van der Waals surface area contributed by atoms with Crippen molar-refractivity contribution in [1.29, 1.82) is 0 Å². The van der Waals surface area contributed by atoms with Crippen LogP contribution in [0.5, 0.6) is 0 Å². The molecule has 0 aromatic heterocycles. The molecule has 206 valence electrons. The van der Waals surface area contributed by atoms with Gasteiger partial charge in [-0.3, -0.25) is 0 Å². The molecule has 2 heterocycles. The van der Waals surface area contributed by atoms with E-state index in [0.29, 0.717) is 23.5 Å². The average molecular weight is 506 g/mol. The molecule has 0 aromatic rings. The molecule has 2 nitrogen and oxygen atoms in total. The van der Waals surface area contributed by atoms with E-state index >= 15 is 0 Å². The molecule has 7 aliphatic rings. The highest BCUT2D eigenvalue weighted by Crippen LogP contribution is 2.60. The minimum atomic E-state index is 0.451. The van der Waals surface area contributed by atoms with Crippen LogP contribution in [0.3, 0.4) is 0 Å². The molecule has 5 aliphatic carbocycles. The van der Waals surface area contributed by atoms with Crippen molar-refractivity contribution in [2.24, 2.45) is 46.8 Å². The van der Waals surface area contributed by atoms with Crippen molar-refractivity contribution < 1.29 is 4.74 Å². The van der Waals surface area contributed by atoms with E-state index in [4.69, 9.17) is 4.74 Å². The first-order valence-corrected chi connectivity index (χ1v) is 16.8. The van der Waals surface area contributed by atoms with Crippen LogP contribution in [0.4, 0.5) is 0 Å². The van der Waals surface area contributed by atoms with Crippen LogP contribution in [-0.2, 0) is 4.74 Å². The van der Waals surface area contributed by atoms with Gasteiger partial charge in [0.05, 0.1) is 12.2 Å². The molecule has 0 bridgehead atoms. The van der Waals surface area contributed by atoms with Crippen LogP contribution in [0.1, 0.15) is 124 Å². The molecule has 1 saturated heterocycles. The van der Waals surface area contributed by atoms with E-state index in [-0.39, 0.29) is 0 Å². The standard InChI is InChI=1S/C35H55NO/c1-22-10-18-32-29(20-22)35(4)21-26(14-19-33(35)37-32)25-12-15-28-30(17-13-25)36(27-8-6-5-7-9-27)31-16-11-23(2)24(3)34(28)31/h11,16,22-30,32-33H,5-10,12-15,17-21H2,1-4H3/t22?,23?,24?,25-,26?,28?,29?,30?,32?,33?,35?/m0/s1. The zero-order valence-corrected chi connectivity index (χ0v) is 24.5. The van der Waals surface area contributed by atoms with Crippen LogP contribution in [0, 0.1) is 46.8 Å². The Morgan fingerprint density at radius 2 is 1.62 bits per heavy atom. The Balaban J connectivity index is 1.11. The van der Waals surface area contributed by atoms with E-state index in [1.165, 1.54) is 96.3 Å². The number of rotatable bonds is 2. The van der Waals surface area contributed by atoms with Gasteiger partial charge in [0.25, 0.3) is 0 Å². The minimum Gasteiger partial charge on any atom is -0.374 e. The van der Waals surface area contributed by atoms with Gasteiger partial charge >= 0.3 is 0 Å². The van der Waals surface area contributed by atoms with Crippen molar-refractivity contribution in [1.82, 2.24) is 4.90 Å². The molecule has 2 aliphatic heterocycles. The van der Waals surface area contributed by atoms with Crippen LogP contribution < -0.4 is 0 Å². The molecule has 7 rings (SSSR count). The lowest BCUT2D eigenvalue weighted by Gasteiger charge is -2.46. The SMILES string of the molecule is CC1CCC2OC3CCC([C@H]4CCC5C6=C(C=CC(C)C6C)N(C6CCCCC6)C5CC4)CC3(C)C2C1. The van der Waals surface area contributed by atoms with E-state index in [0.717, 1.165) is 47.6 Å². The summed E-state index contributed by atoms with van der Waals surface area (Å²) in [6.45, 7) is 10.2. The predicted molar refractivity (Wildman–Crippen MR) is 153 cm³/mol. The third-order valence-corrected chi connectivity index (χ3v) is 13.4. The molecule has 0 spiro atoms. The molecular weight excluding hydrogens is 450 g/mol. The maximum Gasteiger partial charge on any atom is 0.0636 e. The molecule has 10 unspecified atom stereocenters. The lowest BCUT2D eigenvalue weighted by molar-refractivity contribution is -0.0290. The zero-order chi connectivity index (χ0) is 25.3. The van der Waals surface area contributed by atoms with Gasteiger partial charge in [0.1, 0.15) is 0 Å². The predicted octanol–water partition coefficient (Wildman–Crippen LogP) is 8.92. The summed E-state index contributed by atoms with van der Waals surface area (Å²) in [6.07, 6.45) is 27.7. The Morgan fingerprint density at radius 3 is 2.46 bits per heavy atom. The number of ether oxygens (including phenoxy) is 1. The summed E-state index contributed by atoms with van der Waals surface area (Å²) in [5.74, 6) is 5.89. The fourth-order valence-electron chi connectivity index (χ4n) is 11.2. The topological polar surface area (TPSA) is 12.5 Å². The van der Waals surface area contributed by atoms with Crippen molar-refractivity contribution in [3.63, 3.8) is 0 Å². The molecule has 0 amide bonds. The van der Waals surface area contributed by atoms with Crippen LogP contribution in [-0.4, -0.2) is 29.2 Å². The van der Waals surface area contributed by atoms with Crippen LogP contribution in [0.15, 0.2) is 23.4 Å². The Bertz CT molecular complexity index is 914. The molecule has 0 N–H and O–H groups in total. The third-order valence-electron chi connectivity index (χ3n) is 13.4. The first-order valence-electron chi connectivity index (χ1n) is 16.8. The Kier molecular flexibility index (Phi) is 6.62. The molecule has 2 heteroatoms. The summed E-state index contributed by atoms with van der Waals surface area (Å²) in [5.41, 5.74) is 4.02. The lowest BCUT2D eigenvalue weighted by Crippen LogP contribution is -2.43.